The van der Waals surface area contributed by atoms with Gasteiger partial charge in [-0.15, -0.1) is 0 Å². The van der Waals surface area contributed by atoms with Crippen molar-refractivity contribution in [2.24, 2.45) is 10.9 Å². The molecule has 0 amide bonds. The zero-order valence-electron chi connectivity index (χ0n) is 16.2. The summed E-state index contributed by atoms with van der Waals surface area (Å²) in [4.78, 5) is 4.27. The summed E-state index contributed by atoms with van der Waals surface area (Å²) < 4.78 is 5.93. The number of nitrogens with one attached hydrogen (secondary N) is 2. The Morgan fingerprint density at radius 3 is 2.43 bits per heavy atom. The SMILES string of the molecule is N=C(/N=C/c1ccccc1)c1cccc(C(=N)C2C=C2c2cc3ccccc3o2)c1. The predicted octanol–water partition coefficient (Wildman–Crippen LogP) is 5.96. The maximum Gasteiger partial charge on any atom is 0.151 e. The van der Waals surface area contributed by atoms with E-state index in [0.717, 1.165) is 33.4 Å². The zero-order chi connectivity index (χ0) is 20.5. The number of para-hydroxylation sites is 1. The van der Waals surface area contributed by atoms with Crippen molar-refractivity contribution in [2.75, 3.05) is 0 Å². The van der Waals surface area contributed by atoms with Gasteiger partial charge in [0.15, 0.2) is 5.84 Å². The van der Waals surface area contributed by atoms with Crippen LogP contribution >= 0.6 is 0 Å². The lowest BCUT2D eigenvalue weighted by Gasteiger charge is -2.06. The van der Waals surface area contributed by atoms with Crippen LogP contribution in [-0.4, -0.2) is 17.8 Å². The first-order chi connectivity index (χ1) is 14.7. The normalized spacial score (nSPS) is 15.3. The van der Waals surface area contributed by atoms with E-state index in [4.69, 9.17) is 15.2 Å². The molecule has 0 saturated carbocycles. The molecule has 1 aromatic heterocycles. The van der Waals surface area contributed by atoms with Crippen molar-refractivity contribution in [3.05, 3.63) is 113 Å². The third-order valence-electron chi connectivity index (χ3n) is 5.18. The van der Waals surface area contributed by atoms with Crippen molar-refractivity contribution in [3.63, 3.8) is 0 Å². The van der Waals surface area contributed by atoms with Crippen LogP contribution < -0.4 is 0 Å². The number of benzene rings is 3. The van der Waals surface area contributed by atoms with Gasteiger partial charge < -0.3 is 9.83 Å². The number of furan rings is 1. The van der Waals surface area contributed by atoms with E-state index in [0.29, 0.717) is 11.3 Å². The van der Waals surface area contributed by atoms with Gasteiger partial charge in [0.25, 0.3) is 0 Å². The minimum atomic E-state index is -0.0529. The van der Waals surface area contributed by atoms with Crippen LogP contribution in [0, 0.1) is 16.7 Å². The van der Waals surface area contributed by atoms with Gasteiger partial charge in [0.05, 0.1) is 5.71 Å². The van der Waals surface area contributed by atoms with Gasteiger partial charge in [-0.2, -0.15) is 0 Å². The molecule has 0 spiro atoms. The molecule has 2 N–H and O–H groups in total. The molecule has 30 heavy (non-hydrogen) atoms. The third kappa shape index (κ3) is 3.51. The van der Waals surface area contributed by atoms with Gasteiger partial charge in [0.1, 0.15) is 11.3 Å². The van der Waals surface area contributed by atoms with E-state index in [-0.39, 0.29) is 11.8 Å². The molecule has 0 fully saturated rings. The lowest BCUT2D eigenvalue weighted by molar-refractivity contribution is 0.600. The van der Waals surface area contributed by atoms with Crippen LogP contribution in [0.4, 0.5) is 0 Å². The summed E-state index contributed by atoms with van der Waals surface area (Å²) in [6.07, 6.45) is 3.73. The summed E-state index contributed by atoms with van der Waals surface area (Å²) in [6, 6.07) is 27.1. The molecule has 144 valence electrons. The molecular formula is C26H19N3O. The zero-order valence-corrected chi connectivity index (χ0v) is 16.2. The number of aliphatic imine (C=N–C) groups is 1. The highest BCUT2D eigenvalue weighted by atomic mass is 16.3. The average molecular weight is 389 g/mol. The lowest BCUT2D eigenvalue weighted by atomic mass is 10.0. The van der Waals surface area contributed by atoms with Crippen LogP contribution in [0.1, 0.15) is 22.5 Å². The fourth-order valence-electron chi connectivity index (χ4n) is 3.50. The topological polar surface area (TPSA) is 73.2 Å². The van der Waals surface area contributed by atoms with Crippen LogP contribution in [0.5, 0.6) is 0 Å². The summed E-state index contributed by atoms with van der Waals surface area (Å²) in [5.41, 5.74) is 4.84. The van der Waals surface area contributed by atoms with E-state index in [1.165, 1.54) is 0 Å². The van der Waals surface area contributed by atoms with E-state index in [9.17, 15) is 0 Å². The van der Waals surface area contributed by atoms with Crippen molar-refractivity contribution in [1.82, 2.24) is 0 Å². The molecule has 3 aromatic carbocycles. The van der Waals surface area contributed by atoms with Gasteiger partial charge in [-0.25, -0.2) is 4.99 Å². The van der Waals surface area contributed by atoms with Gasteiger partial charge in [-0.1, -0.05) is 72.8 Å². The van der Waals surface area contributed by atoms with Crippen molar-refractivity contribution in [2.45, 2.75) is 0 Å². The minimum Gasteiger partial charge on any atom is -0.456 e. The molecule has 1 atom stereocenters. The Kier molecular flexibility index (Phi) is 4.45. The highest BCUT2D eigenvalue weighted by molar-refractivity contribution is 6.14. The Balaban J connectivity index is 1.31. The summed E-state index contributed by atoms with van der Waals surface area (Å²) in [5, 5.41) is 18.0. The molecule has 0 radical (unpaired) electrons. The van der Waals surface area contributed by atoms with E-state index < -0.39 is 0 Å². The molecule has 5 rings (SSSR count). The van der Waals surface area contributed by atoms with E-state index in [1.54, 1.807) is 6.21 Å². The standard InChI is InChI=1S/C26H19N3O/c27-25(22-15-21(22)24-14-18-9-4-5-12-23(18)30-24)19-10-6-11-20(13-19)26(28)29-16-17-7-2-1-3-8-17/h1-16,22,27-28H/b27-25?,28-26?,29-16+. The average Bonchev–Trinajstić information content (AvgIpc) is 3.48. The van der Waals surface area contributed by atoms with Crippen LogP contribution in [0.25, 0.3) is 16.5 Å². The van der Waals surface area contributed by atoms with Crippen LogP contribution in [-0.2, 0) is 0 Å². The number of nitrogens with zero attached hydrogens (tertiary/aromatic N) is 1. The second-order valence-corrected chi connectivity index (χ2v) is 7.26. The number of allylic oxidation sites excluding steroid dienone is 2. The Morgan fingerprint density at radius 2 is 1.60 bits per heavy atom. The molecule has 4 heteroatoms. The van der Waals surface area contributed by atoms with Crippen molar-refractivity contribution >= 4 is 34.3 Å². The number of rotatable bonds is 5. The van der Waals surface area contributed by atoms with Gasteiger partial charge >= 0.3 is 0 Å². The fraction of sp³-hybridized carbons (Fsp3) is 0.0385. The van der Waals surface area contributed by atoms with Crippen LogP contribution in [0.2, 0.25) is 0 Å². The molecule has 1 aliphatic rings. The second kappa shape index (κ2) is 7.41. The molecule has 1 aliphatic carbocycles. The van der Waals surface area contributed by atoms with Crippen molar-refractivity contribution in [3.8, 4) is 0 Å². The van der Waals surface area contributed by atoms with Crippen molar-refractivity contribution in [1.29, 1.82) is 10.8 Å². The second-order valence-electron chi connectivity index (χ2n) is 7.26. The number of hydrogen-bond donors (Lipinski definition) is 2. The Hall–Kier alpha value is -4.05. The van der Waals surface area contributed by atoms with E-state index in [1.807, 2.05) is 91.0 Å². The largest absolute Gasteiger partial charge is 0.456 e. The summed E-state index contributed by atoms with van der Waals surface area (Å²) in [6.45, 7) is 0. The Bertz CT molecular complexity index is 1300. The van der Waals surface area contributed by atoms with Crippen molar-refractivity contribution < 1.29 is 4.42 Å². The smallest absolute Gasteiger partial charge is 0.151 e. The highest BCUT2D eigenvalue weighted by Gasteiger charge is 2.33. The molecule has 0 bridgehead atoms. The fourth-order valence-corrected chi connectivity index (χ4v) is 3.50. The number of amidine groups is 1. The van der Waals surface area contributed by atoms with Gasteiger partial charge in [-0.05, 0) is 29.3 Å². The van der Waals surface area contributed by atoms with E-state index in [2.05, 4.69) is 4.99 Å². The molecule has 1 heterocycles. The highest BCUT2D eigenvalue weighted by Crippen LogP contribution is 2.42. The molecule has 0 saturated heterocycles. The summed E-state index contributed by atoms with van der Waals surface area (Å²) in [5.74, 6) is 0.944. The minimum absolute atomic E-state index is 0.0529. The van der Waals surface area contributed by atoms with Gasteiger partial charge in [0, 0.05) is 28.7 Å². The van der Waals surface area contributed by atoms with Crippen LogP contribution in [0.3, 0.4) is 0 Å². The first-order valence-electron chi connectivity index (χ1n) is 9.76. The predicted molar refractivity (Wildman–Crippen MR) is 122 cm³/mol. The van der Waals surface area contributed by atoms with Gasteiger partial charge in [-0.3, -0.25) is 5.41 Å². The summed E-state index contributed by atoms with van der Waals surface area (Å²) >= 11 is 0. The summed E-state index contributed by atoms with van der Waals surface area (Å²) in [7, 11) is 0. The first kappa shape index (κ1) is 18.0. The van der Waals surface area contributed by atoms with Gasteiger partial charge in [0.2, 0.25) is 0 Å². The number of hydrogen-bond acceptors (Lipinski definition) is 3. The molecular weight excluding hydrogens is 370 g/mol. The lowest BCUT2D eigenvalue weighted by Crippen LogP contribution is -2.06. The molecule has 0 aliphatic heterocycles. The number of fused-ring (bicyclic) bond motifs is 1. The monoisotopic (exact) mass is 389 g/mol. The van der Waals surface area contributed by atoms with E-state index >= 15 is 0 Å². The Labute approximate surface area is 174 Å². The van der Waals surface area contributed by atoms with Crippen LogP contribution in [0.15, 0.2) is 100 Å². The first-order valence-corrected chi connectivity index (χ1v) is 9.76. The maximum absolute atomic E-state index is 8.63. The molecule has 1 unspecified atom stereocenters. The molecule has 4 nitrogen and oxygen atoms in total. The third-order valence-corrected chi connectivity index (χ3v) is 5.18. The maximum atomic E-state index is 8.63. The Morgan fingerprint density at radius 1 is 0.833 bits per heavy atom. The molecule has 4 aromatic rings. The quantitative estimate of drug-likeness (QED) is 0.321.